The van der Waals surface area contributed by atoms with Crippen molar-refractivity contribution in [1.29, 1.82) is 0 Å². The second-order valence-corrected chi connectivity index (χ2v) is 6.55. The molecule has 0 aromatic carbocycles. The van der Waals surface area contributed by atoms with Crippen LogP contribution in [0.5, 0.6) is 0 Å². The van der Waals surface area contributed by atoms with Crippen molar-refractivity contribution in [1.82, 2.24) is 10.2 Å². The summed E-state index contributed by atoms with van der Waals surface area (Å²) in [6.07, 6.45) is 9.62. The minimum absolute atomic E-state index is 0.771. The van der Waals surface area contributed by atoms with Crippen molar-refractivity contribution in [2.24, 2.45) is 11.8 Å². The summed E-state index contributed by atoms with van der Waals surface area (Å²) in [7, 11) is 2.30. The molecule has 2 nitrogen and oxygen atoms in total. The quantitative estimate of drug-likeness (QED) is 0.682. The van der Waals surface area contributed by atoms with Crippen LogP contribution in [0.2, 0.25) is 0 Å². The largest absolute Gasteiger partial charge is 0.314 e. The van der Waals surface area contributed by atoms with E-state index in [1.165, 1.54) is 64.6 Å². The van der Waals surface area contributed by atoms with Crippen LogP contribution in [-0.4, -0.2) is 37.6 Å². The molecule has 1 N–H and O–H groups in total. The van der Waals surface area contributed by atoms with Gasteiger partial charge in [0.2, 0.25) is 0 Å². The van der Waals surface area contributed by atoms with Crippen molar-refractivity contribution < 1.29 is 0 Å². The maximum absolute atomic E-state index is 3.80. The lowest BCUT2D eigenvalue weighted by Crippen LogP contribution is -2.45. The third-order valence-corrected chi connectivity index (χ3v) is 4.60. The van der Waals surface area contributed by atoms with Crippen LogP contribution in [0.1, 0.15) is 65.7 Å². The molecule has 2 heteroatoms. The lowest BCUT2D eigenvalue weighted by atomic mass is 9.76. The Morgan fingerprint density at radius 2 is 1.84 bits per heavy atom. The summed E-state index contributed by atoms with van der Waals surface area (Å²) in [5.74, 6) is 1.86. The van der Waals surface area contributed by atoms with Crippen LogP contribution in [-0.2, 0) is 0 Å². The minimum Gasteiger partial charge on any atom is -0.314 e. The van der Waals surface area contributed by atoms with Crippen LogP contribution in [0.4, 0.5) is 0 Å². The Labute approximate surface area is 121 Å². The van der Waals surface area contributed by atoms with E-state index in [9.17, 15) is 0 Å². The highest BCUT2D eigenvalue weighted by molar-refractivity contribution is 4.86. The molecular formula is C17H36N2. The highest BCUT2D eigenvalue weighted by Crippen LogP contribution is 2.32. The maximum atomic E-state index is 3.80. The summed E-state index contributed by atoms with van der Waals surface area (Å²) < 4.78 is 0. The van der Waals surface area contributed by atoms with Gasteiger partial charge in [-0.2, -0.15) is 0 Å². The first-order valence-electron chi connectivity index (χ1n) is 8.63. The lowest BCUT2D eigenvalue weighted by molar-refractivity contribution is 0.149. The number of nitrogens with zero attached hydrogens (tertiary/aromatic N) is 1. The van der Waals surface area contributed by atoms with Gasteiger partial charge in [0.05, 0.1) is 0 Å². The van der Waals surface area contributed by atoms with E-state index in [2.05, 4.69) is 38.0 Å². The fourth-order valence-corrected chi connectivity index (χ4v) is 3.71. The molecule has 1 aliphatic carbocycles. The molecule has 0 bridgehead atoms. The molecule has 1 rings (SSSR count). The predicted molar refractivity (Wildman–Crippen MR) is 85.6 cm³/mol. The summed E-state index contributed by atoms with van der Waals surface area (Å²) in [6.45, 7) is 10.6. The molecule has 0 radical (unpaired) electrons. The molecule has 1 saturated carbocycles. The molecule has 3 unspecified atom stereocenters. The van der Waals surface area contributed by atoms with Gasteiger partial charge in [-0.25, -0.2) is 0 Å². The van der Waals surface area contributed by atoms with Gasteiger partial charge in [0.1, 0.15) is 0 Å². The van der Waals surface area contributed by atoms with Crippen molar-refractivity contribution in [2.45, 2.75) is 71.8 Å². The van der Waals surface area contributed by atoms with E-state index in [0.717, 1.165) is 17.9 Å². The smallest absolute Gasteiger partial charge is 0.0108 e. The van der Waals surface area contributed by atoms with Crippen molar-refractivity contribution in [3.05, 3.63) is 0 Å². The molecule has 19 heavy (non-hydrogen) atoms. The fraction of sp³-hybridized carbons (Fsp3) is 1.00. The first kappa shape index (κ1) is 17.0. The van der Waals surface area contributed by atoms with Gasteiger partial charge < -0.3 is 10.2 Å². The standard InChI is InChI=1S/C17H36N2/c1-5-8-15-9-10-17(18-11-6-2)16(13-15)14-19(4)12-7-3/h15-18H,5-14H2,1-4H3. The molecular weight excluding hydrogens is 232 g/mol. The Bertz CT molecular complexity index is 215. The van der Waals surface area contributed by atoms with Crippen LogP contribution in [0.15, 0.2) is 0 Å². The molecule has 114 valence electrons. The van der Waals surface area contributed by atoms with Gasteiger partial charge >= 0.3 is 0 Å². The van der Waals surface area contributed by atoms with Gasteiger partial charge in [-0.15, -0.1) is 0 Å². The molecule has 0 aliphatic heterocycles. The second kappa shape index (κ2) is 9.77. The van der Waals surface area contributed by atoms with Gasteiger partial charge in [0.25, 0.3) is 0 Å². The SMILES string of the molecule is CCCNC1CCC(CCC)CC1CN(C)CCC. The van der Waals surface area contributed by atoms with Gasteiger partial charge in [0.15, 0.2) is 0 Å². The van der Waals surface area contributed by atoms with Gasteiger partial charge in [-0.3, -0.25) is 0 Å². The van der Waals surface area contributed by atoms with Crippen LogP contribution < -0.4 is 5.32 Å². The second-order valence-electron chi connectivity index (χ2n) is 6.55. The summed E-state index contributed by atoms with van der Waals surface area (Å²) >= 11 is 0. The third kappa shape index (κ3) is 6.27. The average molecular weight is 268 g/mol. The molecule has 1 fully saturated rings. The van der Waals surface area contributed by atoms with Crippen LogP contribution in [0.25, 0.3) is 0 Å². The molecule has 0 aromatic heterocycles. The van der Waals surface area contributed by atoms with Gasteiger partial charge in [-0.05, 0) is 64.1 Å². The van der Waals surface area contributed by atoms with Crippen LogP contribution in [0.3, 0.4) is 0 Å². The van der Waals surface area contributed by atoms with E-state index in [0.29, 0.717) is 0 Å². The molecule has 0 aromatic rings. The number of nitrogens with one attached hydrogen (secondary N) is 1. The van der Waals surface area contributed by atoms with Crippen molar-refractivity contribution in [3.63, 3.8) is 0 Å². The van der Waals surface area contributed by atoms with Gasteiger partial charge in [0, 0.05) is 12.6 Å². The number of hydrogen-bond acceptors (Lipinski definition) is 2. The fourth-order valence-electron chi connectivity index (χ4n) is 3.71. The van der Waals surface area contributed by atoms with E-state index in [1.807, 2.05) is 0 Å². The Kier molecular flexibility index (Phi) is 8.72. The predicted octanol–water partition coefficient (Wildman–Crippen LogP) is 3.91. The van der Waals surface area contributed by atoms with E-state index in [1.54, 1.807) is 0 Å². The van der Waals surface area contributed by atoms with E-state index in [-0.39, 0.29) is 0 Å². The molecule has 0 saturated heterocycles. The molecule has 1 aliphatic rings. The van der Waals surface area contributed by atoms with Gasteiger partial charge in [-0.1, -0.05) is 33.6 Å². The lowest BCUT2D eigenvalue weighted by Gasteiger charge is -2.39. The van der Waals surface area contributed by atoms with Crippen molar-refractivity contribution >= 4 is 0 Å². The third-order valence-electron chi connectivity index (χ3n) is 4.60. The summed E-state index contributed by atoms with van der Waals surface area (Å²) in [6, 6.07) is 0.771. The summed E-state index contributed by atoms with van der Waals surface area (Å²) in [5, 5.41) is 3.80. The zero-order valence-corrected chi connectivity index (χ0v) is 13.8. The Hall–Kier alpha value is -0.0800. The normalized spacial score (nSPS) is 27.9. The highest BCUT2D eigenvalue weighted by Gasteiger charge is 2.30. The molecule has 0 spiro atoms. The first-order valence-corrected chi connectivity index (χ1v) is 8.63. The van der Waals surface area contributed by atoms with Crippen molar-refractivity contribution in [3.8, 4) is 0 Å². The van der Waals surface area contributed by atoms with Crippen molar-refractivity contribution in [2.75, 3.05) is 26.7 Å². The number of hydrogen-bond donors (Lipinski definition) is 1. The Morgan fingerprint density at radius 1 is 1.05 bits per heavy atom. The van der Waals surface area contributed by atoms with Crippen LogP contribution >= 0.6 is 0 Å². The molecule has 0 amide bonds. The minimum atomic E-state index is 0.771. The Morgan fingerprint density at radius 3 is 2.47 bits per heavy atom. The molecule has 0 heterocycles. The topological polar surface area (TPSA) is 15.3 Å². The summed E-state index contributed by atoms with van der Waals surface area (Å²) in [5.41, 5.74) is 0. The van der Waals surface area contributed by atoms with Crippen LogP contribution in [0, 0.1) is 11.8 Å². The summed E-state index contributed by atoms with van der Waals surface area (Å²) in [4.78, 5) is 2.54. The molecule has 3 atom stereocenters. The Balaban J connectivity index is 2.49. The average Bonchev–Trinajstić information content (AvgIpc) is 2.38. The van der Waals surface area contributed by atoms with E-state index < -0.39 is 0 Å². The number of rotatable bonds is 9. The highest BCUT2D eigenvalue weighted by atomic mass is 15.1. The van der Waals surface area contributed by atoms with E-state index in [4.69, 9.17) is 0 Å². The maximum Gasteiger partial charge on any atom is 0.0108 e. The zero-order valence-electron chi connectivity index (χ0n) is 13.8. The van der Waals surface area contributed by atoms with E-state index >= 15 is 0 Å². The zero-order chi connectivity index (χ0) is 14.1. The monoisotopic (exact) mass is 268 g/mol. The first-order chi connectivity index (χ1) is 9.21.